The van der Waals surface area contributed by atoms with Gasteiger partial charge in [0.1, 0.15) is 0 Å². The Kier molecular flexibility index (Phi) is 7.32. The van der Waals surface area contributed by atoms with Crippen molar-refractivity contribution in [1.29, 1.82) is 0 Å². The molecule has 0 aliphatic rings. The second-order valence-corrected chi connectivity index (χ2v) is 6.57. The second kappa shape index (κ2) is 9.47. The monoisotopic (exact) mass is 341 g/mol. The predicted molar refractivity (Wildman–Crippen MR) is 105 cm³/mol. The number of nitrogens with two attached hydrogens (primary N) is 1. The lowest BCUT2D eigenvalue weighted by Crippen LogP contribution is -2.16. The molecule has 0 heterocycles. The molecule has 0 spiro atoms. The van der Waals surface area contributed by atoms with Crippen LogP contribution in [-0.4, -0.2) is 19.8 Å². The van der Waals surface area contributed by atoms with Crippen molar-refractivity contribution in [3.8, 4) is 11.5 Å². The van der Waals surface area contributed by atoms with Crippen molar-refractivity contribution in [2.45, 2.75) is 46.0 Å². The Morgan fingerprint density at radius 1 is 0.880 bits per heavy atom. The molecule has 0 saturated heterocycles. The fraction of sp³-hybridized carbons (Fsp3) is 0.455. The van der Waals surface area contributed by atoms with E-state index in [2.05, 4.69) is 44.2 Å². The van der Waals surface area contributed by atoms with E-state index < -0.39 is 0 Å². The van der Waals surface area contributed by atoms with Gasteiger partial charge >= 0.3 is 0 Å². The van der Waals surface area contributed by atoms with E-state index in [0.29, 0.717) is 25.7 Å². The lowest BCUT2D eigenvalue weighted by molar-refractivity contribution is 0.285. The van der Waals surface area contributed by atoms with Crippen LogP contribution in [0.4, 0.5) is 0 Å². The Balaban J connectivity index is 2.27. The van der Waals surface area contributed by atoms with Gasteiger partial charge in [-0.2, -0.15) is 0 Å². The molecular formula is C22H31NO2. The van der Waals surface area contributed by atoms with Crippen LogP contribution in [-0.2, 0) is 6.42 Å². The summed E-state index contributed by atoms with van der Waals surface area (Å²) in [6.45, 7) is 10.3. The molecular weight excluding hydrogens is 310 g/mol. The highest BCUT2D eigenvalue weighted by molar-refractivity contribution is 5.47. The zero-order chi connectivity index (χ0) is 18.2. The Bertz CT molecular complexity index is 650. The molecule has 2 aromatic rings. The van der Waals surface area contributed by atoms with Crippen LogP contribution in [0.3, 0.4) is 0 Å². The van der Waals surface area contributed by atoms with Crippen LogP contribution < -0.4 is 15.2 Å². The van der Waals surface area contributed by atoms with Gasteiger partial charge in [-0.1, -0.05) is 50.2 Å². The first-order chi connectivity index (χ1) is 12.1. The summed E-state index contributed by atoms with van der Waals surface area (Å²) in [4.78, 5) is 0. The van der Waals surface area contributed by atoms with Crippen molar-refractivity contribution in [2.24, 2.45) is 5.73 Å². The topological polar surface area (TPSA) is 44.5 Å². The summed E-state index contributed by atoms with van der Waals surface area (Å²) in [5.41, 5.74) is 9.88. The van der Waals surface area contributed by atoms with Crippen molar-refractivity contribution in [2.75, 3.05) is 19.8 Å². The van der Waals surface area contributed by atoms with E-state index in [1.807, 2.05) is 26.0 Å². The van der Waals surface area contributed by atoms with Crippen molar-refractivity contribution >= 4 is 0 Å². The summed E-state index contributed by atoms with van der Waals surface area (Å²) < 4.78 is 11.6. The van der Waals surface area contributed by atoms with Crippen molar-refractivity contribution < 1.29 is 9.47 Å². The molecule has 1 unspecified atom stereocenters. The van der Waals surface area contributed by atoms with Crippen molar-refractivity contribution in [3.63, 3.8) is 0 Å². The Morgan fingerprint density at radius 3 is 2.08 bits per heavy atom. The molecule has 0 aliphatic heterocycles. The highest BCUT2D eigenvalue weighted by atomic mass is 16.5. The fourth-order valence-electron chi connectivity index (χ4n) is 3.06. The molecule has 3 nitrogen and oxygen atoms in total. The molecule has 2 aromatic carbocycles. The van der Waals surface area contributed by atoms with Crippen molar-refractivity contribution in [3.05, 3.63) is 59.2 Å². The standard InChI is InChI=1S/C22H31NO2/c1-5-24-21-9-7-8-19(22(21)25-6-2)14-20(15-23)18-12-10-17(11-13-18)16(3)4/h7-13,16,20H,5-6,14-15,23H2,1-4H3. The summed E-state index contributed by atoms with van der Waals surface area (Å²) in [5.74, 6) is 2.46. The summed E-state index contributed by atoms with van der Waals surface area (Å²) in [7, 11) is 0. The number of para-hydroxylation sites is 1. The molecule has 136 valence electrons. The van der Waals surface area contributed by atoms with E-state index in [9.17, 15) is 0 Å². The largest absolute Gasteiger partial charge is 0.490 e. The molecule has 0 radical (unpaired) electrons. The van der Waals surface area contributed by atoms with Crippen LogP contribution >= 0.6 is 0 Å². The summed E-state index contributed by atoms with van der Waals surface area (Å²) in [5, 5.41) is 0. The van der Waals surface area contributed by atoms with Gasteiger partial charge in [0.15, 0.2) is 11.5 Å². The maximum Gasteiger partial charge on any atom is 0.164 e. The maximum atomic E-state index is 6.10. The first-order valence-corrected chi connectivity index (χ1v) is 9.28. The highest BCUT2D eigenvalue weighted by Crippen LogP contribution is 2.34. The molecule has 1 atom stereocenters. The van der Waals surface area contributed by atoms with E-state index >= 15 is 0 Å². The van der Waals surface area contributed by atoms with Gasteiger partial charge in [0.25, 0.3) is 0 Å². The Labute approximate surface area is 152 Å². The highest BCUT2D eigenvalue weighted by Gasteiger charge is 2.17. The van der Waals surface area contributed by atoms with Gasteiger partial charge in [0.2, 0.25) is 0 Å². The van der Waals surface area contributed by atoms with Crippen molar-refractivity contribution in [1.82, 2.24) is 0 Å². The molecule has 25 heavy (non-hydrogen) atoms. The molecule has 0 aliphatic carbocycles. The van der Waals surface area contributed by atoms with Gasteiger partial charge in [0.05, 0.1) is 13.2 Å². The van der Waals surface area contributed by atoms with Gasteiger partial charge in [-0.3, -0.25) is 0 Å². The maximum absolute atomic E-state index is 6.10. The number of rotatable bonds is 9. The first kappa shape index (κ1) is 19.3. The minimum atomic E-state index is 0.261. The van der Waals surface area contributed by atoms with Gasteiger partial charge in [0, 0.05) is 5.92 Å². The van der Waals surface area contributed by atoms with Crippen LogP contribution in [0.25, 0.3) is 0 Å². The van der Waals surface area contributed by atoms with Crippen LogP contribution in [0.5, 0.6) is 11.5 Å². The van der Waals surface area contributed by atoms with E-state index in [1.54, 1.807) is 0 Å². The summed E-state index contributed by atoms with van der Waals surface area (Å²) in [6, 6.07) is 14.9. The normalized spacial score (nSPS) is 12.2. The predicted octanol–water partition coefficient (Wildman–Crippen LogP) is 4.89. The van der Waals surface area contributed by atoms with Crippen LogP contribution in [0.15, 0.2) is 42.5 Å². The Morgan fingerprint density at radius 2 is 1.52 bits per heavy atom. The molecule has 0 aromatic heterocycles. The summed E-state index contributed by atoms with van der Waals surface area (Å²) >= 11 is 0. The van der Waals surface area contributed by atoms with E-state index in [1.165, 1.54) is 11.1 Å². The Hall–Kier alpha value is -2.00. The SMILES string of the molecule is CCOc1cccc(CC(CN)c2ccc(C(C)C)cc2)c1OCC. The molecule has 2 N–H and O–H groups in total. The molecule has 2 rings (SSSR count). The molecule has 3 heteroatoms. The molecule has 0 fully saturated rings. The molecule has 0 amide bonds. The minimum Gasteiger partial charge on any atom is -0.490 e. The van der Waals surface area contributed by atoms with Gasteiger partial charge in [-0.05, 0) is 55.5 Å². The first-order valence-electron chi connectivity index (χ1n) is 9.28. The number of benzene rings is 2. The van der Waals surface area contributed by atoms with E-state index in [-0.39, 0.29) is 5.92 Å². The number of ether oxygens (including phenoxy) is 2. The van der Waals surface area contributed by atoms with E-state index in [4.69, 9.17) is 15.2 Å². The fourth-order valence-corrected chi connectivity index (χ4v) is 3.06. The molecule has 0 bridgehead atoms. The van der Waals surface area contributed by atoms with Crippen LogP contribution in [0.1, 0.15) is 56.2 Å². The van der Waals surface area contributed by atoms with Gasteiger partial charge in [-0.25, -0.2) is 0 Å². The van der Waals surface area contributed by atoms with Gasteiger partial charge in [-0.15, -0.1) is 0 Å². The zero-order valence-electron chi connectivity index (χ0n) is 15.9. The van der Waals surface area contributed by atoms with Crippen LogP contribution in [0, 0.1) is 0 Å². The molecule has 0 saturated carbocycles. The third-order valence-corrected chi connectivity index (χ3v) is 4.47. The number of hydrogen-bond acceptors (Lipinski definition) is 3. The zero-order valence-corrected chi connectivity index (χ0v) is 15.9. The third kappa shape index (κ3) is 4.99. The van der Waals surface area contributed by atoms with E-state index in [0.717, 1.165) is 23.5 Å². The lowest BCUT2D eigenvalue weighted by atomic mass is 9.90. The third-order valence-electron chi connectivity index (χ3n) is 4.47. The average Bonchev–Trinajstić information content (AvgIpc) is 2.62. The van der Waals surface area contributed by atoms with Crippen LogP contribution in [0.2, 0.25) is 0 Å². The summed E-state index contributed by atoms with van der Waals surface area (Å²) in [6.07, 6.45) is 0.841. The average molecular weight is 341 g/mol. The van der Waals surface area contributed by atoms with Gasteiger partial charge < -0.3 is 15.2 Å². The quantitative estimate of drug-likeness (QED) is 0.706. The lowest BCUT2D eigenvalue weighted by Gasteiger charge is -2.20. The minimum absolute atomic E-state index is 0.261. The smallest absolute Gasteiger partial charge is 0.164 e. The number of hydrogen-bond donors (Lipinski definition) is 1. The second-order valence-electron chi connectivity index (χ2n) is 6.57.